The summed E-state index contributed by atoms with van der Waals surface area (Å²) in [7, 11) is 1.07. The van der Waals surface area contributed by atoms with Gasteiger partial charge in [0.05, 0.1) is 7.11 Å². The average Bonchev–Trinajstić information content (AvgIpc) is 2.28. The summed E-state index contributed by atoms with van der Waals surface area (Å²) in [5.41, 5.74) is -1.67. The van der Waals surface area contributed by atoms with E-state index >= 15 is 0 Å². The molecule has 88 valence electrons. The van der Waals surface area contributed by atoms with Gasteiger partial charge in [-0.05, 0) is 12.1 Å². The van der Waals surface area contributed by atoms with E-state index < -0.39 is 22.9 Å². The monoisotopic (exact) mass is 236 g/mol. The Hall–Kier alpha value is -2.50. The van der Waals surface area contributed by atoms with E-state index in [1.165, 1.54) is 18.2 Å². The number of esters is 1. The fraction of sp³-hybridized carbons (Fsp3) is 0.0909. The maximum Gasteiger partial charge on any atom is 0.354 e. The molecule has 0 bridgehead atoms. The first-order valence-corrected chi connectivity index (χ1v) is 4.62. The number of phenols is 1. The van der Waals surface area contributed by atoms with Crippen LogP contribution in [0.2, 0.25) is 0 Å². The average molecular weight is 236 g/mol. The molecule has 1 aromatic carbocycles. The summed E-state index contributed by atoms with van der Waals surface area (Å²) in [4.78, 5) is 22.7. The van der Waals surface area contributed by atoms with Gasteiger partial charge in [0.25, 0.3) is 0 Å². The minimum atomic E-state index is -1.03. The van der Waals surface area contributed by atoms with Gasteiger partial charge in [0.2, 0.25) is 0 Å². The van der Waals surface area contributed by atoms with Gasteiger partial charge in [-0.15, -0.1) is 0 Å². The van der Waals surface area contributed by atoms with E-state index in [1.807, 2.05) is 0 Å². The molecule has 0 fully saturated rings. The van der Waals surface area contributed by atoms with Crippen LogP contribution in [0, 0.1) is 0 Å². The molecule has 0 amide bonds. The number of methoxy groups -OCH3 is 1. The molecule has 2 rings (SSSR count). The fourth-order valence-electron chi connectivity index (χ4n) is 1.50. The molecule has 17 heavy (non-hydrogen) atoms. The summed E-state index contributed by atoms with van der Waals surface area (Å²) >= 11 is 0. The van der Waals surface area contributed by atoms with Crippen LogP contribution in [0.15, 0.2) is 27.4 Å². The first-order chi connectivity index (χ1) is 8.06. The Morgan fingerprint density at radius 2 is 2.06 bits per heavy atom. The van der Waals surface area contributed by atoms with Gasteiger partial charge in [0.15, 0.2) is 11.3 Å². The molecule has 0 aliphatic heterocycles. The molecule has 0 radical (unpaired) electrons. The lowest BCUT2D eigenvalue weighted by Crippen LogP contribution is -2.15. The van der Waals surface area contributed by atoms with Gasteiger partial charge in [0, 0.05) is 0 Å². The highest BCUT2D eigenvalue weighted by Crippen LogP contribution is 2.33. The number of aromatic hydroxyl groups is 2. The highest BCUT2D eigenvalue weighted by atomic mass is 16.5. The van der Waals surface area contributed by atoms with Gasteiger partial charge >= 0.3 is 11.6 Å². The lowest BCUT2D eigenvalue weighted by molar-refractivity contribution is 0.0593. The summed E-state index contributed by atoms with van der Waals surface area (Å²) in [6, 6.07) is 4.12. The van der Waals surface area contributed by atoms with Crippen molar-refractivity contribution in [3.05, 3.63) is 34.2 Å². The molecule has 0 spiro atoms. The first-order valence-electron chi connectivity index (χ1n) is 4.62. The van der Waals surface area contributed by atoms with Crippen LogP contribution in [0.4, 0.5) is 0 Å². The smallest absolute Gasteiger partial charge is 0.354 e. The molecule has 0 unspecified atom stereocenters. The van der Waals surface area contributed by atoms with Crippen molar-refractivity contribution in [1.82, 2.24) is 0 Å². The van der Waals surface area contributed by atoms with Gasteiger partial charge in [-0.2, -0.15) is 0 Å². The van der Waals surface area contributed by atoms with Crippen LogP contribution in [0.3, 0.4) is 0 Å². The zero-order valence-corrected chi connectivity index (χ0v) is 8.76. The van der Waals surface area contributed by atoms with Crippen molar-refractivity contribution in [3.8, 4) is 11.5 Å². The number of fused-ring (bicyclic) bond motifs is 1. The van der Waals surface area contributed by atoms with Crippen molar-refractivity contribution in [3.63, 3.8) is 0 Å². The van der Waals surface area contributed by atoms with Crippen LogP contribution >= 0.6 is 0 Å². The minimum Gasteiger partial charge on any atom is -0.507 e. The van der Waals surface area contributed by atoms with Gasteiger partial charge < -0.3 is 19.4 Å². The van der Waals surface area contributed by atoms with E-state index in [1.54, 1.807) is 0 Å². The van der Waals surface area contributed by atoms with E-state index in [9.17, 15) is 19.8 Å². The van der Waals surface area contributed by atoms with Crippen LogP contribution < -0.4 is 5.63 Å². The molecule has 1 aromatic heterocycles. The topological polar surface area (TPSA) is 97.0 Å². The Kier molecular flexibility index (Phi) is 2.47. The maximum atomic E-state index is 11.5. The molecule has 6 nitrogen and oxygen atoms in total. The van der Waals surface area contributed by atoms with Crippen LogP contribution in [-0.2, 0) is 4.74 Å². The van der Waals surface area contributed by atoms with Gasteiger partial charge in [-0.25, -0.2) is 9.59 Å². The number of ether oxygens (including phenoxy) is 1. The Labute approximate surface area is 94.7 Å². The number of phenolic OH excluding ortho intramolecular Hbond substituents is 1. The zero-order valence-electron chi connectivity index (χ0n) is 8.76. The number of hydrogen-bond donors (Lipinski definition) is 2. The van der Waals surface area contributed by atoms with Gasteiger partial charge in [-0.1, -0.05) is 6.07 Å². The van der Waals surface area contributed by atoms with Gasteiger partial charge in [0.1, 0.15) is 16.7 Å². The van der Waals surface area contributed by atoms with Crippen LogP contribution in [0.25, 0.3) is 11.0 Å². The number of carbonyl (C=O) groups excluding carboxylic acids is 1. The molecule has 2 N–H and O–H groups in total. The van der Waals surface area contributed by atoms with Crippen molar-refractivity contribution < 1.29 is 24.2 Å². The molecule has 2 aromatic rings. The van der Waals surface area contributed by atoms with E-state index in [4.69, 9.17) is 4.42 Å². The minimum absolute atomic E-state index is 0.0137. The highest BCUT2D eigenvalue weighted by Gasteiger charge is 2.22. The van der Waals surface area contributed by atoms with E-state index in [0.717, 1.165) is 7.11 Å². The third-order valence-corrected chi connectivity index (χ3v) is 2.27. The Morgan fingerprint density at radius 3 is 2.71 bits per heavy atom. The number of benzene rings is 1. The van der Waals surface area contributed by atoms with Crippen molar-refractivity contribution in [2.24, 2.45) is 0 Å². The summed E-state index contributed by atoms with van der Waals surface area (Å²) in [6.45, 7) is 0. The molecule has 0 atom stereocenters. The number of carbonyl (C=O) groups is 1. The standard InChI is InChI=1S/C11H8O6/c1-16-10(14)8-9(13)7-5(12)3-2-4-6(7)17-11(8)15/h2-4,12-13H,1H3. The summed E-state index contributed by atoms with van der Waals surface area (Å²) in [5, 5.41) is 19.2. The normalized spacial score (nSPS) is 10.4. The van der Waals surface area contributed by atoms with Crippen molar-refractivity contribution >= 4 is 16.9 Å². The molecule has 0 saturated carbocycles. The van der Waals surface area contributed by atoms with E-state index in [2.05, 4.69) is 4.74 Å². The van der Waals surface area contributed by atoms with Crippen molar-refractivity contribution in [1.29, 1.82) is 0 Å². The zero-order chi connectivity index (χ0) is 12.6. The van der Waals surface area contributed by atoms with E-state index in [-0.39, 0.29) is 16.7 Å². The molecule has 1 heterocycles. The second-order valence-electron chi connectivity index (χ2n) is 3.25. The predicted molar refractivity (Wildman–Crippen MR) is 57.2 cm³/mol. The quantitative estimate of drug-likeness (QED) is 0.566. The molecular weight excluding hydrogens is 228 g/mol. The maximum absolute atomic E-state index is 11.5. The second kappa shape index (κ2) is 3.82. The van der Waals surface area contributed by atoms with Crippen molar-refractivity contribution in [2.75, 3.05) is 7.11 Å². The van der Waals surface area contributed by atoms with Crippen LogP contribution in [0.1, 0.15) is 10.4 Å². The van der Waals surface area contributed by atoms with Crippen LogP contribution in [-0.4, -0.2) is 23.3 Å². The largest absolute Gasteiger partial charge is 0.507 e. The lowest BCUT2D eigenvalue weighted by Gasteiger charge is -2.05. The Balaban J connectivity index is 2.93. The molecule has 6 heteroatoms. The summed E-state index contributed by atoms with van der Waals surface area (Å²) in [6.07, 6.45) is 0. The third-order valence-electron chi connectivity index (χ3n) is 2.27. The summed E-state index contributed by atoms with van der Waals surface area (Å²) in [5.74, 6) is -1.98. The Morgan fingerprint density at radius 1 is 1.35 bits per heavy atom. The second-order valence-corrected chi connectivity index (χ2v) is 3.25. The third kappa shape index (κ3) is 1.59. The summed E-state index contributed by atoms with van der Waals surface area (Å²) < 4.78 is 9.15. The first kappa shape index (κ1) is 11.0. The van der Waals surface area contributed by atoms with Crippen molar-refractivity contribution in [2.45, 2.75) is 0 Å². The molecule has 0 aliphatic carbocycles. The lowest BCUT2D eigenvalue weighted by atomic mass is 10.1. The van der Waals surface area contributed by atoms with Gasteiger partial charge in [-0.3, -0.25) is 0 Å². The number of rotatable bonds is 1. The predicted octanol–water partition coefficient (Wildman–Crippen LogP) is 0.991. The molecule has 0 aliphatic rings. The number of hydrogen-bond acceptors (Lipinski definition) is 6. The fourth-order valence-corrected chi connectivity index (χ4v) is 1.50. The molecular formula is C11H8O6. The highest BCUT2D eigenvalue weighted by molar-refractivity contribution is 6.00. The molecule has 0 saturated heterocycles. The van der Waals surface area contributed by atoms with Crippen LogP contribution in [0.5, 0.6) is 11.5 Å². The van der Waals surface area contributed by atoms with E-state index in [0.29, 0.717) is 0 Å². The SMILES string of the molecule is COC(=O)c1c(O)c2c(O)cccc2oc1=O. The Bertz CT molecular complexity index is 655.